The van der Waals surface area contributed by atoms with Gasteiger partial charge in [-0.3, -0.25) is 0 Å². The quantitative estimate of drug-likeness (QED) is 0.546. The number of piperidine rings is 1. The van der Waals surface area contributed by atoms with Crippen LogP contribution in [0.4, 0.5) is 9.18 Å². The molecule has 7 heteroatoms. The van der Waals surface area contributed by atoms with Crippen molar-refractivity contribution in [1.29, 1.82) is 0 Å². The maximum atomic E-state index is 14.1. The Bertz CT molecular complexity index is 920. The minimum Gasteiger partial charge on any atom is -0.493 e. The van der Waals surface area contributed by atoms with Gasteiger partial charge in [0.2, 0.25) is 0 Å². The van der Waals surface area contributed by atoms with Gasteiger partial charge >= 0.3 is 6.09 Å². The van der Waals surface area contributed by atoms with E-state index >= 15 is 0 Å². The topological polar surface area (TPSA) is 48.0 Å². The van der Waals surface area contributed by atoms with Gasteiger partial charge in [0.25, 0.3) is 0 Å². The smallest absolute Gasteiger partial charge is 0.410 e. The molecule has 5 nitrogen and oxygen atoms in total. The fourth-order valence-corrected chi connectivity index (χ4v) is 3.73. The molecule has 1 heterocycles. The molecule has 0 atom stereocenters. The molecule has 0 saturated carbocycles. The molecule has 2 aromatic carbocycles. The maximum absolute atomic E-state index is 14.1. The number of nitrogens with zero attached hydrogens (tertiary/aromatic N) is 1. The molecule has 3 rings (SSSR count). The Hall–Kier alpha value is -2.47. The van der Waals surface area contributed by atoms with Crippen LogP contribution in [0.3, 0.4) is 0 Å². The van der Waals surface area contributed by atoms with Crippen LogP contribution in [0.1, 0.15) is 50.7 Å². The van der Waals surface area contributed by atoms with Crippen molar-refractivity contribution in [1.82, 2.24) is 4.90 Å². The Kier molecular flexibility index (Phi) is 7.31. The lowest BCUT2D eigenvalue weighted by molar-refractivity contribution is 0.0204. The van der Waals surface area contributed by atoms with E-state index in [1.165, 1.54) is 6.07 Å². The van der Waals surface area contributed by atoms with Crippen molar-refractivity contribution in [2.75, 3.05) is 20.2 Å². The van der Waals surface area contributed by atoms with Crippen LogP contribution in [0.25, 0.3) is 0 Å². The molecule has 0 spiro atoms. The second-order valence-electron chi connectivity index (χ2n) is 8.68. The average molecular weight is 450 g/mol. The summed E-state index contributed by atoms with van der Waals surface area (Å²) in [6.45, 7) is 6.95. The van der Waals surface area contributed by atoms with Gasteiger partial charge < -0.3 is 19.1 Å². The Morgan fingerprint density at radius 3 is 2.45 bits per heavy atom. The number of halogens is 2. The van der Waals surface area contributed by atoms with Gasteiger partial charge in [0, 0.05) is 23.7 Å². The predicted octanol–water partition coefficient (Wildman–Crippen LogP) is 6.18. The third-order valence-corrected chi connectivity index (χ3v) is 5.44. The highest BCUT2D eigenvalue weighted by atomic mass is 35.5. The summed E-state index contributed by atoms with van der Waals surface area (Å²) in [5.41, 5.74) is 1.03. The van der Waals surface area contributed by atoms with Crippen molar-refractivity contribution < 1.29 is 23.4 Å². The van der Waals surface area contributed by atoms with E-state index in [1.807, 2.05) is 39.0 Å². The number of ether oxygens (including phenoxy) is 3. The lowest BCUT2D eigenvalue weighted by Gasteiger charge is -2.33. The van der Waals surface area contributed by atoms with E-state index in [1.54, 1.807) is 24.1 Å². The van der Waals surface area contributed by atoms with Gasteiger partial charge in [-0.25, -0.2) is 9.18 Å². The molecule has 0 bridgehead atoms. The van der Waals surface area contributed by atoms with Crippen LogP contribution >= 0.6 is 11.6 Å². The van der Waals surface area contributed by atoms with E-state index in [-0.39, 0.29) is 12.7 Å². The molecule has 0 N–H and O–H groups in total. The van der Waals surface area contributed by atoms with Gasteiger partial charge in [0.1, 0.15) is 18.0 Å². The number of rotatable bonds is 5. The molecule has 2 aromatic rings. The van der Waals surface area contributed by atoms with Gasteiger partial charge in [-0.05, 0) is 69.4 Å². The molecule has 0 unspecified atom stereocenters. The van der Waals surface area contributed by atoms with Crippen molar-refractivity contribution >= 4 is 17.7 Å². The Morgan fingerprint density at radius 1 is 1.13 bits per heavy atom. The zero-order valence-corrected chi connectivity index (χ0v) is 19.2. The monoisotopic (exact) mass is 449 g/mol. The van der Waals surface area contributed by atoms with Crippen molar-refractivity contribution in [3.63, 3.8) is 0 Å². The van der Waals surface area contributed by atoms with Gasteiger partial charge in [-0.15, -0.1) is 0 Å². The van der Waals surface area contributed by atoms with Gasteiger partial charge in [-0.1, -0.05) is 23.7 Å². The summed E-state index contributed by atoms with van der Waals surface area (Å²) < 4.78 is 30.8. The van der Waals surface area contributed by atoms with Gasteiger partial charge in [0.05, 0.1) is 7.11 Å². The normalized spacial score (nSPS) is 15.0. The molecule has 168 valence electrons. The third-order valence-electron chi connectivity index (χ3n) is 5.20. The molecular formula is C24H29ClFNO4. The van der Waals surface area contributed by atoms with E-state index in [9.17, 15) is 9.18 Å². The number of amides is 1. The van der Waals surface area contributed by atoms with E-state index < -0.39 is 11.4 Å². The van der Waals surface area contributed by atoms with Crippen molar-refractivity contribution in [3.05, 3.63) is 58.4 Å². The molecular weight excluding hydrogens is 421 g/mol. The zero-order valence-electron chi connectivity index (χ0n) is 18.4. The Balaban J connectivity index is 1.66. The highest BCUT2D eigenvalue weighted by Crippen LogP contribution is 2.35. The number of hydrogen-bond donors (Lipinski definition) is 0. The van der Waals surface area contributed by atoms with Crippen LogP contribution in [0.2, 0.25) is 5.02 Å². The summed E-state index contributed by atoms with van der Waals surface area (Å²) in [5, 5.41) is 0.346. The Morgan fingerprint density at radius 2 is 1.84 bits per heavy atom. The second-order valence-corrected chi connectivity index (χ2v) is 9.11. The first kappa shape index (κ1) is 23.2. The van der Waals surface area contributed by atoms with E-state index in [2.05, 4.69) is 0 Å². The lowest BCUT2D eigenvalue weighted by Crippen LogP contribution is -2.41. The fourth-order valence-electron chi connectivity index (χ4n) is 3.58. The molecule has 31 heavy (non-hydrogen) atoms. The van der Waals surface area contributed by atoms with Crippen molar-refractivity contribution in [2.24, 2.45) is 0 Å². The molecule has 1 aliphatic rings. The van der Waals surface area contributed by atoms with Crippen LogP contribution in [-0.2, 0) is 11.3 Å². The number of hydrogen-bond acceptors (Lipinski definition) is 4. The lowest BCUT2D eigenvalue weighted by atomic mass is 9.89. The first-order chi connectivity index (χ1) is 14.7. The minimum atomic E-state index is -0.500. The summed E-state index contributed by atoms with van der Waals surface area (Å²) in [6.07, 6.45) is 1.39. The summed E-state index contributed by atoms with van der Waals surface area (Å²) in [6, 6.07) is 10.3. The standard InChI is InChI=1S/C24H29ClFNO4/c1-24(2,3)31-23(28)27-11-9-16(10-12-27)17-6-8-21(29-4)22(13-17)30-15-18-5-7-19(25)14-20(18)26/h5-8,13-14,16H,9-12,15H2,1-4H3. The van der Waals surface area contributed by atoms with Crippen LogP contribution in [0.15, 0.2) is 36.4 Å². The van der Waals surface area contributed by atoms with Crippen molar-refractivity contribution in [3.8, 4) is 11.5 Å². The summed E-state index contributed by atoms with van der Waals surface area (Å²) in [7, 11) is 1.57. The summed E-state index contributed by atoms with van der Waals surface area (Å²) >= 11 is 5.82. The molecule has 0 radical (unpaired) electrons. The highest BCUT2D eigenvalue weighted by molar-refractivity contribution is 6.30. The fraction of sp³-hybridized carbons (Fsp3) is 0.458. The van der Waals surface area contributed by atoms with Crippen LogP contribution < -0.4 is 9.47 Å². The van der Waals surface area contributed by atoms with Crippen LogP contribution in [0, 0.1) is 5.82 Å². The van der Waals surface area contributed by atoms with E-state index in [0.29, 0.717) is 41.1 Å². The van der Waals surface area contributed by atoms with Gasteiger partial charge in [-0.2, -0.15) is 0 Å². The SMILES string of the molecule is COc1ccc(C2CCN(C(=O)OC(C)(C)C)CC2)cc1OCc1ccc(Cl)cc1F. The van der Waals surface area contributed by atoms with E-state index in [4.69, 9.17) is 25.8 Å². The largest absolute Gasteiger partial charge is 0.493 e. The predicted molar refractivity (Wildman–Crippen MR) is 119 cm³/mol. The number of likely N-dealkylation sites (tertiary alicyclic amines) is 1. The number of carbonyl (C=O) groups excluding carboxylic acids is 1. The Labute approximate surface area is 188 Å². The highest BCUT2D eigenvalue weighted by Gasteiger charge is 2.28. The molecule has 0 aliphatic carbocycles. The third kappa shape index (κ3) is 6.26. The number of benzene rings is 2. The zero-order chi connectivity index (χ0) is 22.6. The minimum absolute atomic E-state index is 0.0693. The summed E-state index contributed by atoms with van der Waals surface area (Å²) in [4.78, 5) is 14.0. The number of carbonyl (C=O) groups is 1. The first-order valence-corrected chi connectivity index (χ1v) is 10.8. The first-order valence-electron chi connectivity index (χ1n) is 10.4. The molecule has 0 aromatic heterocycles. The average Bonchev–Trinajstić information content (AvgIpc) is 2.72. The number of methoxy groups -OCH3 is 1. The van der Waals surface area contributed by atoms with Crippen molar-refractivity contribution in [2.45, 2.75) is 51.7 Å². The molecule has 1 saturated heterocycles. The molecule has 1 aliphatic heterocycles. The van der Waals surface area contributed by atoms with Crippen LogP contribution in [0.5, 0.6) is 11.5 Å². The second kappa shape index (κ2) is 9.77. The van der Waals surface area contributed by atoms with Gasteiger partial charge in [0.15, 0.2) is 11.5 Å². The summed E-state index contributed by atoms with van der Waals surface area (Å²) in [5.74, 6) is 1.03. The molecule has 1 fully saturated rings. The molecule has 1 amide bonds. The maximum Gasteiger partial charge on any atom is 0.410 e. The van der Waals surface area contributed by atoms with Crippen LogP contribution in [-0.4, -0.2) is 36.8 Å². The van der Waals surface area contributed by atoms with E-state index in [0.717, 1.165) is 18.4 Å².